The second kappa shape index (κ2) is 9.54. The molecule has 3 heterocycles. The molecule has 0 spiro atoms. The SMILES string of the molecule is Cc1cc(NCc2cccc(C(F)F)c2F)c2cc(C3=CCOCC3)c(-c3ccn(C)n3)cc2n1. The van der Waals surface area contributed by atoms with Gasteiger partial charge < -0.3 is 10.1 Å². The number of rotatable bonds is 6. The molecular formula is C27H25F3N4O. The number of nitrogens with zero attached hydrogens (tertiary/aromatic N) is 3. The molecule has 180 valence electrons. The molecule has 0 atom stereocenters. The molecule has 8 heteroatoms. The van der Waals surface area contributed by atoms with Crippen molar-refractivity contribution in [1.29, 1.82) is 0 Å². The van der Waals surface area contributed by atoms with Crippen molar-refractivity contribution in [3.05, 3.63) is 82.9 Å². The average molecular weight is 479 g/mol. The number of aromatic nitrogens is 3. The third-order valence-corrected chi connectivity index (χ3v) is 6.19. The molecule has 1 aliphatic rings. The van der Waals surface area contributed by atoms with E-state index in [0.29, 0.717) is 13.2 Å². The van der Waals surface area contributed by atoms with Crippen LogP contribution in [0.1, 0.15) is 35.2 Å². The van der Waals surface area contributed by atoms with Gasteiger partial charge in [-0.2, -0.15) is 5.10 Å². The van der Waals surface area contributed by atoms with Crippen molar-refractivity contribution in [2.75, 3.05) is 18.5 Å². The second-order valence-electron chi connectivity index (χ2n) is 8.63. The zero-order valence-electron chi connectivity index (χ0n) is 19.5. The Hall–Kier alpha value is -3.65. The smallest absolute Gasteiger partial charge is 0.266 e. The second-order valence-corrected chi connectivity index (χ2v) is 8.63. The van der Waals surface area contributed by atoms with Crippen molar-refractivity contribution in [1.82, 2.24) is 14.8 Å². The lowest BCUT2D eigenvalue weighted by atomic mass is 9.92. The van der Waals surface area contributed by atoms with Gasteiger partial charge in [0.1, 0.15) is 5.82 Å². The minimum atomic E-state index is -2.86. The number of nitrogens with one attached hydrogen (secondary N) is 1. The lowest BCUT2D eigenvalue weighted by Gasteiger charge is -2.19. The van der Waals surface area contributed by atoms with Crippen LogP contribution >= 0.6 is 0 Å². The minimum absolute atomic E-state index is 0.0683. The van der Waals surface area contributed by atoms with E-state index in [1.165, 1.54) is 17.7 Å². The highest BCUT2D eigenvalue weighted by molar-refractivity contribution is 5.98. The van der Waals surface area contributed by atoms with Crippen LogP contribution in [0, 0.1) is 12.7 Å². The number of fused-ring (bicyclic) bond motifs is 1. The van der Waals surface area contributed by atoms with E-state index in [1.807, 2.05) is 38.4 Å². The predicted octanol–water partition coefficient (Wildman–Crippen LogP) is 6.44. The number of anilines is 1. The zero-order chi connectivity index (χ0) is 24.5. The fraction of sp³-hybridized carbons (Fsp3) is 0.259. The van der Waals surface area contributed by atoms with Gasteiger partial charge in [-0.15, -0.1) is 0 Å². The summed E-state index contributed by atoms with van der Waals surface area (Å²) in [4.78, 5) is 4.73. The van der Waals surface area contributed by atoms with Crippen LogP contribution in [0.5, 0.6) is 0 Å². The number of benzene rings is 2. The van der Waals surface area contributed by atoms with Crippen molar-refractivity contribution in [2.24, 2.45) is 7.05 Å². The number of aryl methyl sites for hydroxylation is 2. The Morgan fingerprint density at radius 1 is 1.14 bits per heavy atom. The largest absolute Gasteiger partial charge is 0.380 e. The number of pyridine rings is 1. The first-order chi connectivity index (χ1) is 16.9. The van der Waals surface area contributed by atoms with Crippen LogP contribution in [0.3, 0.4) is 0 Å². The van der Waals surface area contributed by atoms with Gasteiger partial charge in [0.2, 0.25) is 0 Å². The summed E-state index contributed by atoms with van der Waals surface area (Å²) in [6, 6.07) is 12.0. The molecule has 1 aliphatic heterocycles. The van der Waals surface area contributed by atoms with Gasteiger partial charge in [-0.3, -0.25) is 9.67 Å². The molecule has 35 heavy (non-hydrogen) atoms. The van der Waals surface area contributed by atoms with Crippen LogP contribution in [0.4, 0.5) is 18.9 Å². The highest BCUT2D eigenvalue weighted by Gasteiger charge is 2.19. The van der Waals surface area contributed by atoms with Gasteiger partial charge in [0.15, 0.2) is 0 Å². The molecule has 0 fully saturated rings. The number of ether oxygens (including phenoxy) is 1. The Morgan fingerprint density at radius 3 is 2.71 bits per heavy atom. The molecule has 2 aromatic carbocycles. The summed E-state index contributed by atoms with van der Waals surface area (Å²) in [7, 11) is 1.88. The first kappa shape index (κ1) is 23.1. The standard InChI is InChI=1S/C27H25F3N4O/c1-16-12-24(31-15-18-4-3-5-19(26(18)28)27(29)30)22-13-20(17-7-10-35-11-8-17)21(14-25(22)32-16)23-6-9-34(2)33-23/h3-7,9,12-14,27H,8,10-11,15H2,1-2H3,(H,31,32). The lowest BCUT2D eigenvalue weighted by molar-refractivity contribution is 0.146. The maximum Gasteiger partial charge on any atom is 0.266 e. The van der Waals surface area contributed by atoms with Gasteiger partial charge in [0, 0.05) is 47.7 Å². The van der Waals surface area contributed by atoms with Gasteiger partial charge in [0.05, 0.1) is 30.0 Å². The van der Waals surface area contributed by atoms with Gasteiger partial charge in [-0.1, -0.05) is 24.3 Å². The molecule has 0 bridgehead atoms. The van der Waals surface area contributed by atoms with E-state index in [2.05, 4.69) is 22.6 Å². The van der Waals surface area contributed by atoms with Crippen LogP contribution < -0.4 is 5.32 Å². The molecule has 5 nitrogen and oxygen atoms in total. The molecule has 1 N–H and O–H groups in total. The zero-order valence-corrected chi connectivity index (χ0v) is 19.5. The fourth-order valence-corrected chi connectivity index (χ4v) is 4.45. The van der Waals surface area contributed by atoms with E-state index in [1.54, 1.807) is 4.68 Å². The monoisotopic (exact) mass is 478 g/mol. The summed E-state index contributed by atoms with van der Waals surface area (Å²) in [5.74, 6) is -0.879. The number of hydrogen-bond donors (Lipinski definition) is 1. The van der Waals surface area contributed by atoms with Crippen molar-refractivity contribution in [3.8, 4) is 11.3 Å². The van der Waals surface area contributed by atoms with Crippen LogP contribution in [0.25, 0.3) is 27.7 Å². The maximum atomic E-state index is 14.6. The molecule has 4 aromatic rings. The molecule has 0 amide bonds. The van der Waals surface area contributed by atoms with Crippen LogP contribution in [-0.4, -0.2) is 28.0 Å². The van der Waals surface area contributed by atoms with Crippen LogP contribution in [0.2, 0.25) is 0 Å². The summed E-state index contributed by atoms with van der Waals surface area (Å²) >= 11 is 0. The molecule has 5 rings (SSSR count). The topological polar surface area (TPSA) is 52.0 Å². The quantitative estimate of drug-likeness (QED) is 0.347. The van der Waals surface area contributed by atoms with Gasteiger partial charge in [-0.05, 0) is 48.7 Å². The Kier molecular flexibility index (Phi) is 6.30. The molecule has 2 aromatic heterocycles. The summed E-state index contributed by atoms with van der Waals surface area (Å²) < 4.78 is 48.2. The van der Waals surface area contributed by atoms with Gasteiger partial charge in [0.25, 0.3) is 6.43 Å². The number of halogens is 3. The highest BCUT2D eigenvalue weighted by Crippen LogP contribution is 2.37. The number of hydrogen-bond acceptors (Lipinski definition) is 4. The summed E-state index contributed by atoms with van der Waals surface area (Å²) in [6.07, 6.45) is 1.90. The first-order valence-corrected chi connectivity index (χ1v) is 11.4. The van der Waals surface area contributed by atoms with E-state index >= 15 is 0 Å². The maximum absolute atomic E-state index is 14.6. The molecule has 0 unspecified atom stereocenters. The van der Waals surface area contributed by atoms with Crippen molar-refractivity contribution < 1.29 is 17.9 Å². The predicted molar refractivity (Wildman–Crippen MR) is 131 cm³/mol. The molecule has 0 saturated carbocycles. The molecular weight excluding hydrogens is 453 g/mol. The molecule has 0 saturated heterocycles. The molecule has 0 radical (unpaired) electrons. The van der Waals surface area contributed by atoms with Gasteiger partial charge in [-0.25, -0.2) is 13.2 Å². The third-order valence-electron chi connectivity index (χ3n) is 6.19. The normalized spacial score (nSPS) is 13.9. The van der Waals surface area contributed by atoms with Gasteiger partial charge >= 0.3 is 0 Å². The van der Waals surface area contributed by atoms with Crippen LogP contribution in [-0.2, 0) is 18.3 Å². The fourth-order valence-electron chi connectivity index (χ4n) is 4.45. The number of alkyl halides is 2. The Balaban J connectivity index is 1.60. The lowest BCUT2D eigenvalue weighted by Crippen LogP contribution is -2.07. The molecule has 0 aliphatic carbocycles. The van der Waals surface area contributed by atoms with E-state index in [-0.39, 0.29) is 12.1 Å². The van der Waals surface area contributed by atoms with Crippen molar-refractivity contribution in [3.63, 3.8) is 0 Å². The average Bonchev–Trinajstić information content (AvgIpc) is 3.29. The minimum Gasteiger partial charge on any atom is -0.380 e. The Bertz CT molecular complexity index is 1430. The summed E-state index contributed by atoms with van der Waals surface area (Å²) in [5.41, 5.74) is 5.94. The van der Waals surface area contributed by atoms with E-state index in [4.69, 9.17) is 9.72 Å². The first-order valence-electron chi connectivity index (χ1n) is 11.4. The van der Waals surface area contributed by atoms with E-state index < -0.39 is 17.8 Å². The van der Waals surface area contributed by atoms with Crippen molar-refractivity contribution >= 4 is 22.2 Å². The van der Waals surface area contributed by atoms with E-state index in [9.17, 15) is 13.2 Å². The summed E-state index contributed by atoms with van der Waals surface area (Å²) in [6.45, 7) is 3.14. The summed E-state index contributed by atoms with van der Waals surface area (Å²) in [5, 5.41) is 8.73. The Morgan fingerprint density at radius 2 is 2.00 bits per heavy atom. The highest BCUT2D eigenvalue weighted by atomic mass is 19.3. The van der Waals surface area contributed by atoms with E-state index in [0.717, 1.165) is 51.6 Å². The third kappa shape index (κ3) is 4.66. The van der Waals surface area contributed by atoms with Crippen molar-refractivity contribution in [2.45, 2.75) is 26.3 Å². The van der Waals surface area contributed by atoms with Crippen LogP contribution in [0.15, 0.2) is 54.7 Å². The Labute approximate surface area is 201 Å².